The molecule has 0 unspecified atom stereocenters. The summed E-state index contributed by atoms with van der Waals surface area (Å²) in [7, 11) is 0. The van der Waals surface area contributed by atoms with Crippen molar-refractivity contribution in [1.82, 2.24) is 10.6 Å². The highest BCUT2D eigenvalue weighted by Gasteiger charge is 2.21. The van der Waals surface area contributed by atoms with Gasteiger partial charge in [-0.2, -0.15) is 0 Å². The number of quaternary nitrogens is 1. The van der Waals surface area contributed by atoms with Crippen molar-refractivity contribution in [3.8, 4) is 0 Å². The van der Waals surface area contributed by atoms with Crippen molar-refractivity contribution >= 4 is 11.9 Å². The largest absolute Gasteiger partial charge is 0.467 e. The number of rotatable bonds is 8. The van der Waals surface area contributed by atoms with E-state index in [0.29, 0.717) is 11.7 Å². The van der Waals surface area contributed by atoms with Gasteiger partial charge >= 0.3 is 6.03 Å². The van der Waals surface area contributed by atoms with Crippen molar-refractivity contribution < 1.29 is 19.3 Å². The Morgan fingerprint density at radius 2 is 1.88 bits per heavy atom. The van der Waals surface area contributed by atoms with Gasteiger partial charge in [0.1, 0.15) is 11.8 Å². The summed E-state index contributed by atoms with van der Waals surface area (Å²) in [5, 5.41) is 6.91. The third-order valence-electron chi connectivity index (χ3n) is 4.30. The molecule has 140 valence electrons. The SMILES string of the molecule is CCc1ccc([C@@H]([NH2+]CC(=O)NC(=O)NCc2ccco2)C(C)C)cc1. The molecule has 0 radical (unpaired) electrons. The molecule has 0 spiro atoms. The molecule has 3 amide bonds. The van der Waals surface area contributed by atoms with Gasteiger partial charge in [0.2, 0.25) is 0 Å². The monoisotopic (exact) mass is 358 g/mol. The number of hydrogen-bond acceptors (Lipinski definition) is 3. The van der Waals surface area contributed by atoms with Crippen LogP contribution < -0.4 is 16.0 Å². The molecule has 0 saturated heterocycles. The van der Waals surface area contributed by atoms with Crippen molar-refractivity contribution in [2.75, 3.05) is 6.54 Å². The molecule has 2 rings (SSSR count). The van der Waals surface area contributed by atoms with Crippen molar-refractivity contribution in [2.24, 2.45) is 5.92 Å². The molecule has 1 aromatic heterocycles. The van der Waals surface area contributed by atoms with Crippen LogP contribution in [0.3, 0.4) is 0 Å². The van der Waals surface area contributed by atoms with E-state index in [-0.39, 0.29) is 25.0 Å². The average Bonchev–Trinajstić information content (AvgIpc) is 3.14. The first-order valence-corrected chi connectivity index (χ1v) is 9.01. The predicted octanol–water partition coefficient (Wildman–Crippen LogP) is 2.13. The number of hydrogen-bond donors (Lipinski definition) is 3. The molecular formula is C20H28N3O3+. The Bertz CT molecular complexity index is 694. The molecule has 0 aliphatic heterocycles. The standard InChI is InChI=1S/C20H27N3O3/c1-4-15-7-9-16(10-8-15)19(14(2)3)21-13-18(24)23-20(25)22-12-17-6-5-11-26-17/h5-11,14,19,21H,4,12-13H2,1-3H3,(H2,22,23,24,25)/p+1/t19-/m0/s1. The summed E-state index contributed by atoms with van der Waals surface area (Å²) in [6.45, 7) is 6.81. The zero-order chi connectivity index (χ0) is 18.9. The Labute approximate surface area is 154 Å². The first-order valence-electron chi connectivity index (χ1n) is 9.01. The third kappa shape index (κ3) is 6.04. The Morgan fingerprint density at radius 1 is 1.15 bits per heavy atom. The topological polar surface area (TPSA) is 88.0 Å². The second-order valence-electron chi connectivity index (χ2n) is 6.61. The summed E-state index contributed by atoms with van der Waals surface area (Å²) in [5.74, 6) is 0.676. The fraction of sp³-hybridized carbons (Fsp3) is 0.400. The lowest BCUT2D eigenvalue weighted by molar-refractivity contribution is -0.692. The van der Waals surface area contributed by atoms with E-state index < -0.39 is 6.03 Å². The molecule has 4 N–H and O–H groups in total. The molecule has 0 fully saturated rings. The van der Waals surface area contributed by atoms with E-state index in [2.05, 4.69) is 55.7 Å². The van der Waals surface area contributed by atoms with E-state index >= 15 is 0 Å². The fourth-order valence-electron chi connectivity index (χ4n) is 2.81. The van der Waals surface area contributed by atoms with Crippen LogP contribution in [0.1, 0.15) is 43.7 Å². The van der Waals surface area contributed by atoms with Gasteiger partial charge in [0.15, 0.2) is 6.54 Å². The summed E-state index contributed by atoms with van der Waals surface area (Å²) < 4.78 is 5.13. The Balaban J connectivity index is 1.81. The van der Waals surface area contributed by atoms with Crippen LogP contribution in [0.2, 0.25) is 0 Å². The predicted molar refractivity (Wildman–Crippen MR) is 99.3 cm³/mol. The number of benzene rings is 1. The molecular weight excluding hydrogens is 330 g/mol. The Hall–Kier alpha value is -2.60. The average molecular weight is 358 g/mol. The number of urea groups is 1. The van der Waals surface area contributed by atoms with Crippen LogP contribution in [0.5, 0.6) is 0 Å². The minimum atomic E-state index is -0.520. The first-order chi connectivity index (χ1) is 12.5. The summed E-state index contributed by atoms with van der Waals surface area (Å²) in [4.78, 5) is 23.8. The maximum atomic E-state index is 12.0. The summed E-state index contributed by atoms with van der Waals surface area (Å²) >= 11 is 0. The minimum Gasteiger partial charge on any atom is -0.467 e. The van der Waals surface area contributed by atoms with E-state index in [0.717, 1.165) is 6.42 Å². The van der Waals surface area contributed by atoms with Crippen LogP contribution in [0, 0.1) is 5.92 Å². The van der Waals surface area contributed by atoms with Gasteiger partial charge in [-0.3, -0.25) is 10.1 Å². The Morgan fingerprint density at radius 3 is 2.46 bits per heavy atom. The fourth-order valence-corrected chi connectivity index (χ4v) is 2.81. The third-order valence-corrected chi connectivity index (χ3v) is 4.30. The van der Waals surface area contributed by atoms with Crippen LogP contribution in [0.25, 0.3) is 0 Å². The second kappa shape index (κ2) is 9.77. The number of nitrogens with one attached hydrogen (secondary N) is 2. The van der Waals surface area contributed by atoms with E-state index in [1.807, 2.05) is 5.32 Å². The van der Waals surface area contributed by atoms with Gasteiger partial charge in [-0.25, -0.2) is 4.79 Å². The lowest BCUT2D eigenvalue weighted by Crippen LogP contribution is -2.88. The molecule has 0 aliphatic carbocycles. The maximum Gasteiger partial charge on any atom is 0.321 e. The van der Waals surface area contributed by atoms with Crippen molar-refractivity contribution in [2.45, 2.75) is 39.8 Å². The van der Waals surface area contributed by atoms with Gasteiger partial charge in [-0.05, 0) is 24.1 Å². The van der Waals surface area contributed by atoms with Gasteiger partial charge in [-0.1, -0.05) is 45.0 Å². The lowest BCUT2D eigenvalue weighted by Gasteiger charge is -2.19. The number of carbonyl (C=O) groups is 2. The molecule has 0 aliphatic rings. The normalized spacial score (nSPS) is 12.0. The van der Waals surface area contributed by atoms with Crippen LogP contribution in [0.4, 0.5) is 4.79 Å². The molecule has 6 heteroatoms. The first kappa shape index (κ1) is 19.7. The molecule has 1 aromatic carbocycles. The van der Waals surface area contributed by atoms with Gasteiger partial charge in [-0.15, -0.1) is 0 Å². The summed E-state index contributed by atoms with van der Waals surface area (Å²) in [5.41, 5.74) is 2.48. The smallest absolute Gasteiger partial charge is 0.321 e. The number of carbonyl (C=O) groups excluding carboxylic acids is 2. The van der Waals surface area contributed by atoms with Crippen LogP contribution in [0.15, 0.2) is 47.1 Å². The number of furan rings is 1. The highest BCUT2D eigenvalue weighted by molar-refractivity contribution is 5.94. The number of aryl methyl sites for hydroxylation is 1. The molecule has 26 heavy (non-hydrogen) atoms. The van der Waals surface area contributed by atoms with Gasteiger partial charge in [0.05, 0.1) is 12.8 Å². The highest BCUT2D eigenvalue weighted by atomic mass is 16.3. The van der Waals surface area contributed by atoms with E-state index in [1.165, 1.54) is 17.4 Å². The lowest BCUT2D eigenvalue weighted by atomic mass is 9.95. The zero-order valence-corrected chi connectivity index (χ0v) is 15.6. The van der Waals surface area contributed by atoms with Gasteiger partial charge in [0, 0.05) is 11.5 Å². The van der Waals surface area contributed by atoms with E-state index in [1.54, 1.807) is 12.1 Å². The maximum absolute atomic E-state index is 12.0. The minimum absolute atomic E-state index is 0.165. The highest BCUT2D eigenvalue weighted by Crippen LogP contribution is 2.18. The van der Waals surface area contributed by atoms with Crippen LogP contribution >= 0.6 is 0 Å². The van der Waals surface area contributed by atoms with E-state index in [4.69, 9.17) is 4.42 Å². The number of amides is 3. The molecule has 6 nitrogen and oxygen atoms in total. The van der Waals surface area contributed by atoms with Crippen LogP contribution in [-0.2, 0) is 17.8 Å². The summed E-state index contributed by atoms with van der Waals surface area (Å²) in [6.07, 6.45) is 2.54. The van der Waals surface area contributed by atoms with Crippen molar-refractivity contribution in [3.05, 3.63) is 59.5 Å². The Kier molecular flexibility index (Phi) is 7.41. The molecule has 0 bridgehead atoms. The number of nitrogens with two attached hydrogens (primary N) is 1. The van der Waals surface area contributed by atoms with Crippen LogP contribution in [-0.4, -0.2) is 18.5 Å². The van der Waals surface area contributed by atoms with E-state index in [9.17, 15) is 9.59 Å². The zero-order valence-electron chi connectivity index (χ0n) is 15.6. The molecule has 1 atom stereocenters. The quantitative estimate of drug-likeness (QED) is 0.675. The molecule has 0 saturated carbocycles. The van der Waals surface area contributed by atoms with Crippen molar-refractivity contribution in [3.63, 3.8) is 0 Å². The molecule has 1 heterocycles. The molecule has 2 aromatic rings. The summed E-state index contributed by atoms with van der Waals surface area (Å²) in [6, 6.07) is 11.6. The van der Waals surface area contributed by atoms with Crippen molar-refractivity contribution in [1.29, 1.82) is 0 Å². The van der Waals surface area contributed by atoms with Gasteiger partial charge in [0.25, 0.3) is 5.91 Å². The number of imide groups is 1. The van der Waals surface area contributed by atoms with Gasteiger partial charge < -0.3 is 15.1 Å². The second-order valence-corrected chi connectivity index (χ2v) is 6.61.